The second kappa shape index (κ2) is 17.1. The first-order valence-electron chi connectivity index (χ1n) is 10.8. The summed E-state index contributed by atoms with van der Waals surface area (Å²) in [4.78, 5) is 11.9. The SMILES string of the molecule is C#CCOc1ccc(Br)cc1C=NNC(=O)CCCCCCCCCCCCC. The van der Waals surface area contributed by atoms with E-state index < -0.39 is 0 Å². The Hall–Kier alpha value is -1.80. The van der Waals surface area contributed by atoms with Gasteiger partial charge in [0, 0.05) is 16.5 Å². The van der Waals surface area contributed by atoms with Gasteiger partial charge in [-0.15, -0.1) is 6.42 Å². The standard InChI is InChI=1S/C24H35BrN2O2/c1-3-5-6-7-8-9-10-11-12-13-14-15-24(28)27-26-20-21-19-22(25)16-17-23(21)29-18-4-2/h2,16-17,19-20H,3,5-15,18H2,1H3,(H,27,28). The third kappa shape index (κ3) is 13.1. The minimum absolute atomic E-state index is 0.0572. The molecule has 1 N–H and O–H groups in total. The fourth-order valence-electron chi connectivity index (χ4n) is 3.05. The fourth-order valence-corrected chi connectivity index (χ4v) is 3.43. The highest BCUT2D eigenvalue weighted by Crippen LogP contribution is 2.21. The number of unbranched alkanes of at least 4 members (excludes halogenated alkanes) is 10. The number of hydrazone groups is 1. The van der Waals surface area contributed by atoms with Crippen LogP contribution in [0.2, 0.25) is 0 Å². The highest BCUT2D eigenvalue weighted by atomic mass is 79.9. The minimum atomic E-state index is -0.0572. The van der Waals surface area contributed by atoms with Gasteiger partial charge in [-0.25, -0.2) is 5.43 Å². The molecule has 0 aliphatic heterocycles. The van der Waals surface area contributed by atoms with Crippen molar-refractivity contribution in [3.05, 3.63) is 28.2 Å². The van der Waals surface area contributed by atoms with Crippen molar-refractivity contribution in [3.8, 4) is 18.1 Å². The molecule has 0 aliphatic rings. The highest BCUT2D eigenvalue weighted by molar-refractivity contribution is 9.10. The lowest BCUT2D eigenvalue weighted by Crippen LogP contribution is -2.17. The van der Waals surface area contributed by atoms with Crippen LogP contribution in [0.5, 0.6) is 5.75 Å². The lowest BCUT2D eigenvalue weighted by Gasteiger charge is -2.06. The van der Waals surface area contributed by atoms with Crippen molar-refractivity contribution in [3.63, 3.8) is 0 Å². The zero-order valence-electron chi connectivity index (χ0n) is 17.7. The number of hydrogen-bond donors (Lipinski definition) is 1. The summed E-state index contributed by atoms with van der Waals surface area (Å²) in [5, 5.41) is 4.04. The Balaban J connectivity index is 2.14. The van der Waals surface area contributed by atoms with Crippen LogP contribution in [0, 0.1) is 12.3 Å². The average Bonchev–Trinajstić information content (AvgIpc) is 2.71. The van der Waals surface area contributed by atoms with E-state index in [1.807, 2.05) is 18.2 Å². The summed E-state index contributed by atoms with van der Waals surface area (Å²) in [5.41, 5.74) is 3.34. The van der Waals surface area contributed by atoms with Crippen LogP contribution < -0.4 is 10.2 Å². The van der Waals surface area contributed by atoms with Crippen molar-refractivity contribution < 1.29 is 9.53 Å². The molecule has 1 aromatic rings. The fraction of sp³-hybridized carbons (Fsp3) is 0.583. The van der Waals surface area contributed by atoms with Crippen LogP contribution in [-0.2, 0) is 4.79 Å². The number of ether oxygens (including phenoxy) is 1. The molecular formula is C24H35BrN2O2. The number of terminal acetylenes is 1. The van der Waals surface area contributed by atoms with Gasteiger partial charge >= 0.3 is 0 Å². The summed E-state index contributed by atoms with van der Waals surface area (Å²) in [6.07, 6.45) is 21.3. The Kier molecular flexibility index (Phi) is 14.9. The third-order valence-corrected chi connectivity index (χ3v) is 5.18. The van der Waals surface area contributed by atoms with E-state index in [2.05, 4.69) is 39.3 Å². The molecule has 0 saturated carbocycles. The summed E-state index contributed by atoms with van der Waals surface area (Å²) in [5.74, 6) is 3.02. The largest absolute Gasteiger partial charge is 0.480 e. The van der Waals surface area contributed by atoms with Gasteiger partial charge in [-0.05, 0) is 24.6 Å². The molecule has 0 heterocycles. The van der Waals surface area contributed by atoms with E-state index in [0.717, 1.165) is 22.9 Å². The number of carbonyl (C=O) groups is 1. The molecule has 1 rings (SSSR count). The first-order chi connectivity index (χ1) is 14.2. The molecule has 0 aliphatic carbocycles. The molecule has 1 amide bonds. The number of hydrogen-bond acceptors (Lipinski definition) is 3. The maximum Gasteiger partial charge on any atom is 0.240 e. The van der Waals surface area contributed by atoms with Crippen molar-refractivity contribution in [2.75, 3.05) is 6.61 Å². The smallest absolute Gasteiger partial charge is 0.240 e. The summed E-state index contributed by atoms with van der Waals surface area (Å²) >= 11 is 3.42. The van der Waals surface area contributed by atoms with E-state index in [1.165, 1.54) is 57.8 Å². The number of rotatable bonds is 16. The van der Waals surface area contributed by atoms with Crippen molar-refractivity contribution in [2.24, 2.45) is 5.10 Å². The topological polar surface area (TPSA) is 50.7 Å². The second-order valence-electron chi connectivity index (χ2n) is 7.25. The molecule has 5 heteroatoms. The summed E-state index contributed by atoms with van der Waals surface area (Å²) < 4.78 is 6.38. The molecule has 0 saturated heterocycles. The Morgan fingerprint density at radius 2 is 1.72 bits per heavy atom. The first-order valence-corrected chi connectivity index (χ1v) is 11.6. The van der Waals surface area contributed by atoms with E-state index in [1.54, 1.807) is 6.21 Å². The number of nitrogens with one attached hydrogen (secondary N) is 1. The van der Waals surface area contributed by atoms with Gasteiger partial charge in [0.15, 0.2) is 0 Å². The molecule has 0 radical (unpaired) electrons. The monoisotopic (exact) mass is 462 g/mol. The zero-order chi connectivity index (χ0) is 21.2. The summed E-state index contributed by atoms with van der Waals surface area (Å²) in [7, 11) is 0. The van der Waals surface area contributed by atoms with Gasteiger partial charge in [-0.3, -0.25) is 4.79 Å². The highest BCUT2D eigenvalue weighted by Gasteiger charge is 2.03. The third-order valence-electron chi connectivity index (χ3n) is 4.68. The lowest BCUT2D eigenvalue weighted by molar-refractivity contribution is -0.121. The molecule has 1 aromatic carbocycles. The van der Waals surface area contributed by atoms with Gasteiger partial charge in [0.2, 0.25) is 5.91 Å². The van der Waals surface area contributed by atoms with Gasteiger partial charge in [0.25, 0.3) is 0 Å². The van der Waals surface area contributed by atoms with Crippen LogP contribution in [0.1, 0.15) is 89.5 Å². The molecule has 0 atom stereocenters. The molecule has 4 nitrogen and oxygen atoms in total. The number of carbonyl (C=O) groups excluding carboxylic acids is 1. The van der Waals surface area contributed by atoms with Crippen molar-refractivity contribution >= 4 is 28.1 Å². The Labute approximate surface area is 185 Å². The molecule has 0 spiro atoms. The van der Waals surface area contributed by atoms with Crippen LogP contribution in [0.25, 0.3) is 0 Å². The number of halogens is 1. The van der Waals surface area contributed by atoms with Crippen LogP contribution >= 0.6 is 15.9 Å². The quantitative estimate of drug-likeness (QED) is 0.130. The predicted molar refractivity (Wildman–Crippen MR) is 125 cm³/mol. The molecule has 29 heavy (non-hydrogen) atoms. The Morgan fingerprint density at radius 3 is 2.34 bits per heavy atom. The van der Waals surface area contributed by atoms with Gasteiger partial charge in [-0.2, -0.15) is 5.10 Å². The summed E-state index contributed by atoms with van der Waals surface area (Å²) in [6.45, 7) is 2.44. The molecule has 0 fully saturated rings. The van der Waals surface area contributed by atoms with Crippen molar-refractivity contribution in [1.29, 1.82) is 0 Å². The number of benzene rings is 1. The second-order valence-corrected chi connectivity index (χ2v) is 8.17. The van der Waals surface area contributed by atoms with E-state index >= 15 is 0 Å². The minimum Gasteiger partial charge on any atom is -0.480 e. The zero-order valence-corrected chi connectivity index (χ0v) is 19.3. The Bertz CT molecular complexity index is 653. The van der Waals surface area contributed by atoms with Crippen molar-refractivity contribution in [2.45, 2.75) is 84.0 Å². The Morgan fingerprint density at radius 1 is 1.10 bits per heavy atom. The molecule has 0 bridgehead atoms. The van der Waals surface area contributed by atoms with E-state index in [0.29, 0.717) is 12.2 Å². The number of nitrogens with zero attached hydrogens (tertiary/aromatic N) is 1. The van der Waals surface area contributed by atoms with Crippen LogP contribution in [0.4, 0.5) is 0 Å². The van der Waals surface area contributed by atoms with Crippen LogP contribution in [0.3, 0.4) is 0 Å². The predicted octanol–water partition coefficient (Wildman–Crippen LogP) is 6.61. The molecule has 0 aromatic heterocycles. The lowest BCUT2D eigenvalue weighted by atomic mass is 10.1. The van der Waals surface area contributed by atoms with Gasteiger partial charge in [0.05, 0.1) is 6.21 Å². The normalized spacial score (nSPS) is 10.8. The average molecular weight is 463 g/mol. The molecular weight excluding hydrogens is 428 g/mol. The van der Waals surface area contributed by atoms with Crippen LogP contribution in [0.15, 0.2) is 27.8 Å². The maximum absolute atomic E-state index is 11.9. The maximum atomic E-state index is 11.9. The number of amides is 1. The van der Waals surface area contributed by atoms with Gasteiger partial charge < -0.3 is 4.74 Å². The van der Waals surface area contributed by atoms with Crippen molar-refractivity contribution in [1.82, 2.24) is 5.43 Å². The molecule has 0 unspecified atom stereocenters. The van der Waals surface area contributed by atoms with E-state index in [-0.39, 0.29) is 12.5 Å². The first kappa shape index (κ1) is 25.2. The van der Waals surface area contributed by atoms with Gasteiger partial charge in [0.1, 0.15) is 12.4 Å². The van der Waals surface area contributed by atoms with E-state index in [9.17, 15) is 4.79 Å². The summed E-state index contributed by atoms with van der Waals surface area (Å²) in [6, 6.07) is 5.55. The molecule has 160 valence electrons. The van der Waals surface area contributed by atoms with Crippen LogP contribution in [-0.4, -0.2) is 18.7 Å². The van der Waals surface area contributed by atoms with Gasteiger partial charge in [-0.1, -0.05) is 93.0 Å². The van der Waals surface area contributed by atoms with E-state index in [4.69, 9.17) is 11.2 Å².